The smallest absolute Gasteiger partial charge is 0.119 e. The molecule has 29 heavy (non-hydrogen) atoms. The van der Waals surface area contributed by atoms with Crippen LogP contribution in [0.25, 0.3) is 16.7 Å². The Labute approximate surface area is 173 Å². The van der Waals surface area contributed by atoms with Crippen molar-refractivity contribution in [3.05, 3.63) is 90.3 Å². The fourth-order valence-electron chi connectivity index (χ4n) is 3.99. The lowest BCUT2D eigenvalue weighted by molar-refractivity contribution is 0.415. The van der Waals surface area contributed by atoms with Gasteiger partial charge in [-0.3, -0.25) is 4.98 Å². The van der Waals surface area contributed by atoms with Gasteiger partial charge in [-0.25, -0.2) is 0 Å². The maximum Gasteiger partial charge on any atom is 0.119 e. The first-order valence-electron chi connectivity index (χ1n) is 10.4. The van der Waals surface area contributed by atoms with Crippen LogP contribution in [0.5, 0.6) is 5.75 Å². The van der Waals surface area contributed by atoms with Crippen LogP contribution in [0.2, 0.25) is 0 Å². The number of aromatic nitrogens is 1. The monoisotopic (exact) mass is 384 g/mol. The third kappa shape index (κ3) is 5.12. The molecular weight excluding hydrogens is 356 g/mol. The van der Waals surface area contributed by atoms with Crippen molar-refractivity contribution in [2.24, 2.45) is 0 Å². The van der Waals surface area contributed by atoms with Gasteiger partial charge in [-0.2, -0.15) is 0 Å². The van der Waals surface area contributed by atoms with Gasteiger partial charge in [0.25, 0.3) is 0 Å². The zero-order valence-electron chi connectivity index (χ0n) is 17.0. The first kappa shape index (κ1) is 19.4. The number of hydrogen-bond acceptors (Lipinski definition) is 3. The summed E-state index contributed by atoms with van der Waals surface area (Å²) in [4.78, 5) is 4.59. The predicted molar refractivity (Wildman–Crippen MR) is 120 cm³/mol. The number of pyridine rings is 1. The maximum absolute atomic E-state index is 5.35. The molecule has 4 rings (SSSR count). The molecule has 1 aromatic heterocycles. The highest BCUT2D eigenvalue weighted by Crippen LogP contribution is 2.26. The van der Waals surface area contributed by atoms with E-state index >= 15 is 0 Å². The van der Waals surface area contributed by atoms with E-state index in [1.54, 1.807) is 7.11 Å². The van der Waals surface area contributed by atoms with Crippen LogP contribution in [-0.4, -0.2) is 24.7 Å². The molecule has 3 heteroatoms. The van der Waals surface area contributed by atoms with E-state index in [-0.39, 0.29) is 0 Å². The summed E-state index contributed by atoms with van der Waals surface area (Å²) in [5.41, 5.74) is 6.33. The summed E-state index contributed by atoms with van der Waals surface area (Å²) in [6, 6.07) is 23.7. The minimum absolute atomic E-state index is 0.539. The van der Waals surface area contributed by atoms with Crippen LogP contribution in [0.15, 0.2) is 79.0 Å². The Bertz CT molecular complexity index is 965. The zero-order valence-corrected chi connectivity index (χ0v) is 17.0. The van der Waals surface area contributed by atoms with Gasteiger partial charge in [-0.1, -0.05) is 48.5 Å². The largest absolute Gasteiger partial charge is 0.497 e. The molecule has 2 aromatic carbocycles. The fraction of sp³-hybridized carbons (Fsp3) is 0.269. The molecule has 3 nitrogen and oxygen atoms in total. The molecule has 148 valence electrons. The van der Waals surface area contributed by atoms with Crippen LogP contribution in [-0.2, 0) is 6.42 Å². The molecule has 1 aliphatic rings. The van der Waals surface area contributed by atoms with Crippen LogP contribution >= 0.6 is 0 Å². The molecule has 1 aliphatic heterocycles. The summed E-state index contributed by atoms with van der Waals surface area (Å²) in [5, 5.41) is 3.64. The highest BCUT2D eigenvalue weighted by Gasteiger charge is 2.15. The Hall–Kier alpha value is -2.91. The minimum atomic E-state index is 0.539. The Morgan fingerprint density at radius 3 is 2.66 bits per heavy atom. The van der Waals surface area contributed by atoms with Crippen LogP contribution in [0.4, 0.5) is 0 Å². The van der Waals surface area contributed by atoms with Crippen molar-refractivity contribution in [1.82, 2.24) is 10.3 Å². The van der Waals surface area contributed by atoms with Gasteiger partial charge in [0.1, 0.15) is 5.75 Å². The number of aryl methyl sites for hydroxylation is 1. The van der Waals surface area contributed by atoms with E-state index in [0.717, 1.165) is 43.7 Å². The van der Waals surface area contributed by atoms with Gasteiger partial charge >= 0.3 is 0 Å². The standard InChI is InChI=1S/C26H28N2O/c1-29-26-12-5-9-21(19-26)23-14-16-28-25(18-23)11-6-10-24-17-22(13-15-27-24)20-7-3-2-4-8-20/h2-5,7-9,12-14,16,18-19,24,27H,6,10-11,15,17H2,1H3. The SMILES string of the molecule is COc1cccc(-c2ccnc(CCCC3CC(c4ccccc4)=CCN3)c2)c1. The molecule has 1 unspecified atom stereocenters. The highest BCUT2D eigenvalue weighted by atomic mass is 16.5. The summed E-state index contributed by atoms with van der Waals surface area (Å²) in [7, 11) is 1.70. The molecule has 0 saturated heterocycles. The molecule has 3 aromatic rings. The second-order valence-corrected chi connectivity index (χ2v) is 7.56. The molecule has 1 N–H and O–H groups in total. The molecular formula is C26H28N2O. The van der Waals surface area contributed by atoms with Gasteiger partial charge in [0.15, 0.2) is 0 Å². The van der Waals surface area contributed by atoms with Gasteiger partial charge in [0, 0.05) is 24.5 Å². The number of nitrogens with one attached hydrogen (secondary N) is 1. The van der Waals surface area contributed by atoms with Crippen LogP contribution in [0, 0.1) is 0 Å². The topological polar surface area (TPSA) is 34.1 Å². The Balaban J connectivity index is 1.33. The normalized spacial score (nSPS) is 16.3. The summed E-state index contributed by atoms with van der Waals surface area (Å²) in [5.74, 6) is 0.881. The van der Waals surface area contributed by atoms with Gasteiger partial charge in [0.05, 0.1) is 7.11 Å². The van der Waals surface area contributed by atoms with Crippen molar-refractivity contribution in [1.29, 1.82) is 0 Å². The quantitative estimate of drug-likeness (QED) is 0.582. The van der Waals surface area contributed by atoms with Crippen molar-refractivity contribution in [3.8, 4) is 16.9 Å². The lowest BCUT2D eigenvalue weighted by Gasteiger charge is -2.24. The van der Waals surface area contributed by atoms with Crippen LogP contribution in [0.3, 0.4) is 0 Å². The fourth-order valence-corrected chi connectivity index (χ4v) is 3.99. The van der Waals surface area contributed by atoms with Crippen LogP contribution in [0.1, 0.15) is 30.5 Å². The molecule has 0 saturated carbocycles. The minimum Gasteiger partial charge on any atom is -0.497 e. The maximum atomic E-state index is 5.35. The molecule has 1 atom stereocenters. The number of ether oxygens (including phenoxy) is 1. The first-order valence-corrected chi connectivity index (χ1v) is 10.4. The zero-order chi connectivity index (χ0) is 19.9. The summed E-state index contributed by atoms with van der Waals surface area (Å²) in [6.45, 7) is 0.957. The summed E-state index contributed by atoms with van der Waals surface area (Å²) < 4.78 is 5.35. The van der Waals surface area contributed by atoms with Crippen LogP contribution < -0.4 is 10.1 Å². The summed E-state index contributed by atoms with van der Waals surface area (Å²) in [6.07, 6.45) is 8.63. The number of methoxy groups -OCH3 is 1. The highest BCUT2D eigenvalue weighted by molar-refractivity contribution is 5.67. The van der Waals surface area contributed by atoms with Gasteiger partial charge in [-0.05, 0) is 72.2 Å². The lowest BCUT2D eigenvalue weighted by atomic mass is 9.92. The molecule has 0 spiro atoms. The number of nitrogens with zero attached hydrogens (tertiary/aromatic N) is 1. The van der Waals surface area contributed by atoms with Crippen molar-refractivity contribution in [3.63, 3.8) is 0 Å². The second-order valence-electron chi connectivity index (χ2n) is 7.56. The summed E-state index contributed by atoms with van der Waals surface area (Å²) >= 11 is 0. The van der Waals surface area contributed by atoms with Gasteiger partial charge in [0.2, 0.25) is 0 Å². The van der Waals surface area contributed by atoms with E-state index in [1.807, 2.05) is 18.3 Å². The van der Waals surface area contributed by atoms with E-state index in [9.17, 15) is 0 Å². The average molecular weight is 385 g/mol. The molecule has 0 radical (unpaired) electrons. The Morgan fingerprint density at radius 1 is 0.966 bits per heavy atom. The van der Waals surface area contributed by atoms with E-state index in [4.69, 9.17) is 4.74 Å². The third-order valence-electron chi connectivity index (χ3n) is 5.57. The van der Waals surface area contributed by atoms with E-state index in [0.29, 0.717) is 6.04 Å². The van der Waals surface area contributed by atoms with Gasteiger partial charge < -0.3 is 10.1 Å². The average Bonchev–Trinajstić information content (AvgIpc) is 2.80. The molecule has 2 heterocycles. The van der Waals surface area contributed by atoms with Crippen molar-refractivity contribution < 1.29 is 4.74 Å². The predicted octanol–water partition coefficient (Wildman–Crippen LogP) is 5.53. The van der Waals surface area contributed by atoms with E-state index in [1.165, 1.54) is 22.3 Å². The first-order chi connectivity index (χ1) is 14.3. The van der Waals surface area contributed by atoms with Crippen molar-refractivity contribution in [2.45, 2.75) is 31.7 Å². The Morgan fingerprint density at radius 2 is 1.79 bits per heavy atom. The number of rotatable bonds is 7. The molecule has 0 amide bonds. The van der Waals surface area contributed by atoms with E-state index in [2.05, 4.69) is 71.0 Å². The number of hydrogen-bond donors (Lipinski definition) is 1. The second kappa shape index (κ2) is 9.53. The van der Waals surface area contributed by atoms with Gasteiger partial charge in [-0.15, -0.1) is 0 Å². The molecule has 0 fully saturated rings. The number of benzene rings is 2. The van der Waals surface area contributed by atoms with Crippen molar-refractivity contribution in [2.75, 3.05) is 13.7 Å². The molecule has 0 aliphatic carbocycles. The van der Waals surface area contributed by atoms with Crippen molar-refractivity contribution >= 4 is 5.57 Å². The Kier molecular flexibility index (Phi) is 6.38. The van der Waals surface area contributed by atoms with E-state index < -0.39 is 0 Å². The third-order valence-corrected chi connectivity index (χ3v) is 5.57. The molecule has 0 bridgehead atoms. The lowest BCUT2D eigenvalue weighted by Crippen LogP contribution is -2.32.